The van der Waals surface area contributed by atoms with Gasteiger partial charge in [-0.05, 0) is 32.9 Å². The van der Waals surface area contributed by atoms with Crippen molar-refractivity contribution >= 4 is 17.4 Å². The number of hydrogen-bond donors (Lipinski definition) is 3. The van der Waals surface area contributed by atoms with Crippen molar-refractivity contribution in [2.45, 2.75) is 31.8 Å². The van der Waals surface area contributed by atoms with Crippen molar-refractivity contribution in [3.63, 3.8) is 0 Å². The zero-order valence-electron chi connectivity index (χ0n) is 14.9. The van der Waals surface area contributed by atoms with Crippen molar-refractivity contribution in [3.05, 3.63) is 42.1 Å². The molecule has 1 amide bonds. The van der Waals surface area contributed by atoms with Crippen LogP contribution in [0.5, 0.6) is 0 Å². The van der Waals surface area contributed by atoms with E-state index >= 15 is 0 Å². The number of anilines is 1. The molecule has 0 bridgehead atoms. The summed E-state index contributed by atoms with van der Waals surface area (Å²) in [6.45, 7) is 10.2. The third-order valence-corrected chi connectivity index (χ3v) is 4.82. The van der Waals surface area contributed by atoms with Gasteiger partial charge in [0.05, 0.1) is 13.2 Å². The lowest BCUT2D eigenvalue weighted by atomic mass is 9.82. The summed E-state index contributed by atoms with van der Waals surface area (Å²) in [6.07, 6.45) is 0. The molecule has 6 heteroatoms. The number of benzene rings is 1. The van der Waals surface area contributed by atoms with Crippen LogP contribution >= 0.6 is 0 Å². The van der Waals surface area contributed by atoms with Crippen LogP contribution < -0.4 is 10.6 Å². The predicted molar refractivity (Wildman–Crippen MR) is 96.3 cm³/mol. The number of carbonyl (C=O) groups excluding carboxylic acids is 2. The highest BCUT2D eigenvalue weighted by molar-refractivity contribution is 6.16. The average Bonchev–Trinajstić information content (AvgIpc) is 2.96. The van der Waals surface area contributed by atoms with Crippen molar-refractivity contribution in [2.75, 3.05) is 25.0 Å². The number of para-hydroxylation sites is 1. The number of likely N-dealkylation sites (tertiary alicyclic amines) is 1. The van der Waals surface area contributed by atoms with Gasteiger partial charge in [-0.3, -0.25) is 9.59 Å². The van der Waals surface area contributed by atoms with Gasteiger partial charge in [0.2, 0.25) is 5.91 Å². The maximum Gasteiger partial charge on any atom is 0.239 e. The molecular formula is C19H25N3O3. The lowest BCUT2D eigenvalue weighted by molar-refractivity contribution is -0.123. The molecule has 2 heterocycles. The van der Waals surface area contributed by atoms with Crippen LogP contribution in [0.3, 0.4) is 0 Å². The molecule has 134 valence electrons. The van der Waals surface area contributed by atoms with E-state index in [1.807, 2.05) is 39.0 Å². The highest BCUT2D eigenvalue weighted by Gasteiger charge is 2.58. The van der Waals surface area contributed by atoms with Gasteiger partial charge in [-0.15, -0.1) is 0 Å². The molecule has 0 aromatic heterocycles. The molecule has 0 aliphatic carbocycles. The minimum Gasteiger partial charge on any atom is -0.396 e. The van der Waals surface area contributed by atoms with Crippen LogP contribution in [-0.2, 0) is 4.79 Å². The Hall–Kier alpha value is -2.34. The number of aliphatic hydroxyl groups is 1. The summed E-state index contributed by atoms with van der Waals surface area (Å²) < 4.78 is 0. The maximum atomic E-state index is 13.1. The first-order valence-corrected chi connectivity index (χ1v) is 8.47. The number of aliphatic hydroxyl groups excluding tert-OH is 1. The van der Waals surface area contributed by atoms with E-state index in [-0.39, 0.29) is 36.3 Å². The number of amides is 1. The zero-order chi connectivity index (χ0) is 18.4. The second-order valence-electron chi connectivity index (χ2n) is 7.81. The molecule has 1 aromatic rings. The van der Waals surface area contributed by atoms with Gasteiger partial charge in [-0.2, -0.15) is 0 Å². The van der Waals surface area contributed by atoms with E-state index in [2.05, 4.69) is 17.2 Å². The molecule has 0 unspecified atom stereocenters. The Labute approximate surface area is 147 Å². The van der Waals surface area contributed by atoms with Crippen molar-refractivity contribution in [3.8, 4) is 0 Å². The van der Waals surface area contributed by atoms with Crippen LogP contribution in [0.25, 0.3) is 0 Å². The number of nitrogens with one attached hydrogen (secondary N) is 2. The minimum absolute atomic E-state index is 0.0918. The molecule has 1 spiro atoms. The Morgan fingerprint density at radius 1 is 1.44 bits per heavy atom. The highest BCUT2D eigenvalue weighted by Crippen LogP contribution is 2.46. The van der Waals surface area contributed by atoms with Gasteiger partial charge in [0.1, 0.15) is 5.54 Å². The number of carbonyl (C=O) groups is 2. The minimum atomic E-state index is -1.07. The Morgan fingerprint density at radius 2 is 2.12 bits per heavy atom. The molecule has 3 N–H and O–H groups in total. The largest absolute Gasteiger partial charge is 0.396 e. The first-order chi connectivity index (χ1) is 11.7. The SMILES string of the molecule is C=C1N(CC(=O)NC(C)(C)C)C[C@@H](CO)[C@@]12Nc1ccccc1C2=O. The lowest BCUT2D eigenvalue weighted by Gasteiger charge is -2.30. The van der Waals surface area contributed by atoms with E-state index < -0.39 is 5.54 Å². The van der Waals surface area contributed by atoms with E-state index in [1.54, 1.807) is 11.0 Å². The number of rotatable bonds is 3. The molecule has 2 atom stereocenters. The monoisotopic (exact) mass is 343 g/mol. The van der Waals surface area contributed by atoms with E-state index in [0.29, 0.717) is 17.8 Å². The van der Waals surface area contributed by atoms with Gasteiger partial charge in [-0.25, -0.2) is 0 Å². The average molecular weight is 343 g/mol. The fourth-order valence-corrected chi connectivity index (χ4v) is 3.75. The quantitative estimate of drug-likeness (QED) is 0.773. The molecule has 6 nitrogen and oxygen atoms in total. The summed E-state index contributed by atoms with van der Waals surface area (Å²) in [5.74, 6) is -0.585. The second kappa shape index (κ2) is 5.88. The molecule has 0 saturated carbocycles. The van der Waals surface area contributed by atoms with Crippen molar-refractivity contribution < 1.29 is 14.7 Å². The van der Waals surface area contributed by atoms with Crippen LogP contribution in [0.2, 0.25) is 0 Å². The standard InChI is InChI=1S/C19H25N3O3/c1-12-19(17(25)14-7-5-6-8-15(14)20-19)13(11-23)9-22(12)10-16(24)21-18(2,3)4/h5-8,13,20,23H,1,9-11H2,2-4H3,(H,21,24)/t13-,19-/m0/s1. The highest BCUT2D eigenvalue weighted by atomic mass is 16.3. The third-order valence-electron chi connectivity index (χ3n) is 4.82. The van der Waals surface area contributed by atoms with Crippen molar-refractivity contribution in [1.29, 1.82) is 0 Å². The lowest BCUT2D eigenvalue weighted by Crippen LogP contribution is -2.49. The molecule has 0 radical (unpaired) electrons. The van der Waals surface area contributed by atoms with Crippen molar-refractivity contribution in [2.24, 2.45) is 5.92 Å². The van der Waals surface area contributed by atoms with Gasteiger partial charge < -0.3 is 20.6 Å². The number of fused-ring (bicyclic) bond motifs is 1. The number of Topliss-reactive ketones (excluding diaryl/α,β-unsaturated/α-hetero) is 1. The number of nitrogens with zero attached hydrogens (tertiary/aromatic N) is 1. The van der Waals surface area contributed by atoms with Gasteiger partial charge in [0.25, 0.3) is 0 Å². The molecule has 2 aliphatic rings. The van der Waals surface area contributed by atoms with E-state index in [4.69, 9.17) is 0 Å². The number of hydrogen-bond acceptors (Lipinski definition) is 5. The number of ketones is 1. The van der Waals surface area contributed by atoms with E-state index in [0.717, 1.165) is 5.69 Å². The van der Waals surface area contributed by atoms with Crippen LogP contribution in [0.4, 0.5) is 5.69 Å². The van der Waals surface area contributed by atoms with Gasteiger partial charge >= 0.3 is 0 Å². The molecule has 1 fully saturated rings. The Kier molecular flexibility index (Phi) is 4.11. The second-order valence-corrected chi connectivity index (χ2v) is 7.81. The topological polar surface area (TPSA) is 81.7 Å². The maximum absolute atomic E-state index is 13.1. The van der Waals surface area contributed by atoms with Gasteiger partial charge in [0.15, 0.2) is 5.78 Å². The fourth-order valence-electron chi connectivity index (χ4n) is 3.75. The van der Waals surface area contributed by atoms with E-state index in [9.17, 15) is 14.7 Å². The molecule has 1 saturated heterocycles. The fraction of sp³-hybridized carbons (Fsp3) is 0.474. The van der Waals surface area contributed by atoms with Crippen LogP contribution in [0.1, 0.15) is 31.1 Å². The smallest absolute Gasteiger partial charge is 0.239 e. The van der Waals surface area contributed by atoms with Gasteiger partial charge in [0, 0.05) is 34.9 Å². The van der Waals surface area contributed by atoms with Crippen LogP contribution in [0.15, 0.2) is 36.5 Å². The molecular weight excluding hydrogens is 318 g/mol. The summed E-state index contributed by atoms with van der Waals surface area (Å²) in [4.78, 5) is 27.2. The molecule has 1 aromatic carbocycles. The Balaban J connectivity index is 1.86. The first-order valence-electron chi connectivity index (χ1n) is 8.47. The summed E-state index contributed by atoms with van der Waals surface area (Å²) in [5.41, 5.74) is 0.484. The summed E-state index contributed by atoms with van der Waals surface area (Å²) in [7, 11) is 0. The summed E-state index contributed by atoms with van der Waals surface area (Å²) in [6, 6.07) is 7.30. The molecule has 3 rings (SSSR count). The van der Waals surface area contributed by atoms with Crippen LogP contribution in [-0.4, -0.2) is 52.5 Å². The van der Waals surface area contributed by atoms with E-state index in [1.165, 1.54) is 0 Å². The summed E-state index contributed by atoms with van der Waals surface area (Å²) >= 11 is 0. The first kappa shape index (κ1) is 17.5. The Morgan fingerprint density at radius 3 is 2.72 bits per heavy atom. The molecule has 25 heavy (non-hydrogen) atoms. The zero-order valence-corrected chi connectivity index (χ0v) is 14.9. The predicted octanol–water partition coefficient (Wildman–Crippen LogP) is 1.39. The van der Waals surface area contributed by atoms with Crippen LogP contribution in [0, 0.1) is 5.92 Å². The molecule has 2 aliphatic heterocycles. The van der Waals surface area contributed by atoms with Crippen molar-refractivity contribution in [1.82, 2.24) is 10.2 Å². The summed E-state index contributed by atoms with van der Waals surface area (Å²) in [5, 5.41) is 16.1. The Bertz CT molecular complexity index is 738. The van der Waals surface area contributed by atoms with Gasteiger partial charge in [-0.1, -0.05) is 18.7 Å². The normalized spacial score (nSPS) is 25.3. The third kappa shape index (κ3) is 2.80.